The molecule has 1 aromatic rings. The van der Waals surface area contributed by atoms with Crippen molar-refractivity contribution < 1.29 is 19.3 Å². The van der Waals surface area contributed by atoms with E-state index in [-0.39, 0.29) is 6.10 Å². The Hall–Kier alpha value is -1.14. The van der Waals surface area contributed by atoms with Gasteiger partial charge in [-0.2, -0.15) is 0 Å². The van der Waals surface area contributed by atoms with Gasteiger partial charge in [-0.1, -0.05) is 12.1 Å². The Morgan fingerprint density at radius 3 is 2.75 bits per heavy atom. The lowest BCUT2D eigenvalue weighted by Gasteiger charge is -2.16. The Labute approximate surface area is 120 Å². The minimum Gasteiger partial charge on any atom is -0.497 e. The second kappa shape index (κ2) is 9.72. The minimum atomic E-state index is -0.528. The number of hydrogen-bond acceptors (Lipinski definition) is 5. The Kier molecular flexibility index (Phi) is 8.22. The van der Waals surface area contributed by atoms with Gasteiger partial charge in [-0.05, 0) is 24.6 Å². The van der Waals surface area contributed by atoms with Gasteiger partial charge in [0.25, 0.3) is 0 Å². The molecule has 0 aliphatic carbocycles. The third-order valence-corrected chi connectivity index (χ3v) is 2.82. The highest BCUT2D eigenvalue weighted by molar-refractivity contribution is 5.28. The summed E-state index contributed by atoms with van der Waals surface area (Å²) >= 11 is 0. The molecule has 5 nitrogen and oxygen atoms in total. The molecule has 0 spiro atoms. The molecule has 2 N–H and O–H groups in total. The van der Waals surface area contributed by atoms with Crippen LogP contribution in [0, 0.1) is 0 Å². The molecular formula is C15H25NO4. The van der Waals surface area contributed by atoms with E-state index in [0.29, 0.717) is 26.3 Å². The summed E-state index contributed by atoms with van der Waals surface area (Å²) in [5.41, 5.74) is 1.12. The molecule has 0 bridgehead atoms. The molecule has 2 atom stereocenters. The van der Waals surface area contributed by atoms with Crippen LogP contribution in [0.15, 0.2) is 24.3 Å². The number of ether oxygens (including phenoxy) is 3. The van der Waals surface area contributed by atoms with E-state index in [4.69, 9.17) is 14.2 Å². The van der Waals surface area contributed by atoms with Crippen molar-refractivity contribution >= 4 is 0 Å². The number of aliphatic hydroxyl groups is 1. The van der Waals surface area contributed by atoms with E-state index in [1.54, 1.807) is 14.2 Å². The van der Waals surface area contributed by atoms with Gasteiger partial charge in [0.05, 0.1) is 32.5 Å². The lowest BCUT2D eigenvalue weighted by atomic mass is 10.2. The van der Waals surface area contributed by atoms with E-state index < -0.39 is 6.10 Å². The predicted molar refractivity (Wildman–Crippen MR) is 78.0 cm³/mol. The van der Waals surface area contributed by atoms with Crippen LogP contribution in [0.1, 0.15) is 12.5 Å². The van der Waals surface area contributed by atoms with Gasteiger partial charge in [-0.15, -0.1) is 0 Å². The molecule has 0 aliphatic rings. The van der Waals surface area contributed by atoms with Gasteiger partial charge in [0.1, 0.15) is 5.75 Å². The van der Waals surface area contributed by atoms with Gasteiger partial charge in [0, 0.05) is 20.2 Å². The number of hydrogen-bond donors (Lipinski definition) is 2. The maximum atomic E-state index is 9.79. The first kappa shape index (κ1) is 16.9. The van der Waals surface area contributed by atoms with Gasteiger partial charge >= 0.3 is 0 Å². The molecule has 114 valence electrons. The quantitative estimate of drug-likeness (QED) is 0.675. The summed E-state index contributed by atoms with van der Waals surface area (Å²) in [6.45, 7) is 3.91. The van der Waals surface area contributed by atoms with Gasteiger partial charge in [0.15, 0.2) is 0 Å². The normalized spacial score (nSPS) is 14.0. The third-order valence-electron chi connectivity index (χ3n) is 2.82. The zero-order valence-electron chi connectivity index (χ0n) is 12.5. The second-order valence-corrected chi connectivity index (χ2v) is 4.74. The van der Waals surface area contributed by atoms with Crippen molar-refractivity contribution in [1.82, 2.24) is 5.32 Å². The van der Waals surface area contributed by atoms with Crippen molar-refractivity contribution in [3.63, 3.8) is 0 Å². The van der Waals surface area contributed by atoms with Crippen LogP contribution in [0.3, 0.4) is 0 Å². The molecule has 5 heteroatoms. The average molecular weight is 283 g/mol. The predicted octanol–water partition coefficient (Wildman–Crippen LogP) is 1.20. The van der Waals surface area contributed by atoms with Crippen LogP contribution in [0.5, 0.6) is 5.75 Å². The lowest BCUT2D eigenvalue weighted by molar-refractivity contribution is -0.0311. The Balaban J connectivity index is 2.19. The van der Waals surface area contributed by atoms with E-state index in [0.717, 1.165) is 11.3 Å². The molecule has 1 aromatic carbocycles. The van der Waals surface area contributed by atoms with Gasteiger partial charge in [0.2, 0.25) is 0 Å². The highest BCUT2D eigenvalue weighted by Gasteiger charge is 2.07. The number of benzene rings is 1. The van der Waals surface area contributed by atoms with Crippen LogP contribution < -0.4 is 10.1 Å². The summed E-state index contributed by atoms with van der Waals surface area (Å²) in [6, 6.07) is 7.83. The van der Waals surface area contributed by atoms with Crippen molar-refractivity contribution in [2.75, 3.05) is 34.0 Å². The number of methoxy groups -OCH3 is 2. The van der Waals surface area contributed by atoms with Crippen molar-refractivity contribution in [2.45, 2.75) is 25.7 Å². The Morgan fingerprint density at radius 1 is 1.25 bits per heavy atom. The molecule has 0 fully saturated rings. The fourth-order valence-electron chi connectivity index (χ4n) is 1.78. The first-order valence-corrected chi connectivity index (χ1v) is 6.78. The first-order valence-electron chi connectivity index (χ1n) is 6.78. The topological polar surface area (TPSA) is 60.0 Å². The SMILES string of the molecule is COCC(C)OCC(O)CNCc1cccc(OC)c1. The van der Waals surface area contributed by atoms with Crippen LogP contribution >= 0.6 is 0 Å². The van der Waals surface area contributed by atoms with Crippen molar-refractivity contribution in [2.24, 2.45) is 0 Å². The van der Waals surface area contributed by atoms with Crippen molar-refractivity contribution in [3.05, 3.63) is 29.8 Å². The molecule has 0 aromatic heterocycles. The van der Waals surface area contributed by atoms with E-state index >= 15 is 0 Å². The number of rotatable bonds is 10. The monoisotopic (exact) mass is 283 g/mol. The molecule has 0 heterocycles. The molecule has 20 heavy (non-hydrogen) atoms. The largest absolute Gasteiger partial charge is 0.497 e. The lowest BCUT2D eigenvalue weighted by Crippen LogP contribution is -2.32. The second-order valence-electron chi connectivity index (χ2n) is 4.74. The minimum absolute atomic E-state index is 0.00645. The molecule has 2 unspecified atom stereocenters. The highest BCUT2D eigenvalue weighted by Crippen LogP contribution is 2.12. The Bertz CT molecular complexity index is 373. The molecule has 0 radical (unpaired) electrons. The van der Waals surface area contributed by atoms with Crippen molar-refractivity contribution in [3.8, 4) is 5.75 Å². The smallest absolute Gasteiger partial charge is 0.119 e. The van der Waals surface area contributed by atoms with Gasteiger partial charge in [-0.3, -0.25) is 0 Å². The van der Waals surface area contributed by atoms with Crippen LogP contribution in [0.2, 0.25) is 0 Å². The zero-order valence-corrected chi connectivity index (χ0v) is 12.5. The Morgan fingerprint density at radius 2 is 2.05 bits per heavy atom. The maximum Gasteiger partial charge on any atom is 0.119 e. The van der Waals surface area contributed by atoms with Crippen LogP contribution in [-0.2, 0) is 16.0 Å². The fraction of sp³-hybridized carbons (Fsp3) is 0.600. The number of aliphatic hydroxyl groups excluding tert-OH is 1. The molecule has 0 saturated carbocycles. The molecule has 0 amide bonds. The van der Waals surface area contributed by atoms with Gasteiger partial charge in [-0.25, -0.2) is 0 Å². The molecular weight excluding hydrogens is 258 g/mol. The van der Waals surface area contributed by atoms with Crippen LogP contribution in [-0.4, -0.2) is 51.3 Å². The summed E-state index contributed by atoms with van der Waals surface area (Å²) in [6.07, 6.45) is -0.534. The maximum absolute atomic E-state index is 9.79. The van der Waals surface area contributed by atoms with E-state index in [2.05, 4.69) is 5.32 Å². The highest BCUT2D eigenvalue weighted by atomic mass is 16.5. The summed E-state index contributed by atoms with van der Waals surface area (Å²) in [5.74, 6) is 0.835. The van der Waals surface area contributed by atoms with Crippen LogP contribution in [0.4, 0.5) is 0 Å². The fourth-order valence-corrected chi connectivity index (χ4v) is 1.78. The average Bonchev–Trinajstić information content (AvgIpc) is 2.46. The molecule has 1 rings (SSSR count). The van der Waals surface area contributed by atoms with Gasteiger partial charge < -0.3 is 24.6 Å². The standard InChI is InChI=1S/C15H25NO4/c1-12(10-18-2)20-11-14(17)9-16-8-13-5-4-6-15(7-13)19-3/h4-7,12,14,16-17H,8-11H2,1-3H3. The summed E-state index contributed by atoms with van der Waals surface area (Å²) in [4.78, 5) is 0. The van der Waals surface area contributed by atoms with E-state index in [1.807, 2.05) is 31.2 Å². The van der Waals surface area contributed by atoms with Crippen molar-refractivity contribution in [1.29, 1.82) is 0 Å². The molecule has 0 saturated heterocycles. The first-order chi connectivity index (χ1) is 9.65. The third kappa shape index (κ3) is 6.86. The van der Waals surface area contributed by atoms with Crippen LogP contribution in [0.25, 0.3) is 0 Å². The number of nitrogens with one attached hydrogen (secondary N) is 1. The summed E-state index contributed by atoms with van der Waals surface area (Å²) < 4.78 is 15.6. The van der Waals surface area contributed by atoms with E-state index in [1.165, 1.54) is 0 Å². The van der Waals surface area contributed by atoms with E-state index in [9.17, 15) is 5.11 Å². The molecule has 0 aliphatic heterocycles. The zero-order chi connectivity index (χ0) is 14.8. The summed E-state index contributed by atoms with van der Waals surface area (Å²) in [5, 5.41) is 13.0. The summed E-state index contributed by atoms with van der Waals surface area (Å²) in [7, 11) is 3.28.